The normalized spacial score (nSPS) is 12.1. The van der Waals surface area contributed by atoms with E-state index < -0.39 is 0 Å². The van der Waals surface area contributed by atoms with Gasteiger partial charge in [-0.25, -0.2) is 0 Å². The summed E-state index contributed by atoms with van der Waals surface area (Å²) in [5.74, 6) is 0.547. The molecule has 100 valence electrons. The number of carbonyl (C=O) groups is 1. The Morgan fingerprint density at radius 2 is 2.05 bits per heavy atom. The van der Waals surface area contributed by atoms with Crippen LogP contribution in [0.15, 0.2) is 47.1 Å². The minimum atomic E-state index is -0.0757. The summed E-state index contributed by atoms with van der Waals surface area (Å²) in [5.41, 5.74) is 1.07. The van der Waals surface area contributed by atoms with Crippen molar-refractivity contribution in [3.8, 4) is 0 Å². The van der Waals surface area contributed by atoms with Gasteiger partial charge < -0.3 is 4.52 Å². The Labute approximate surface area is 113 Å². The monoisotopic (exact) mass is 258 g/mol. The lowest BCUT2D eigenvalue weighted by Gasteiger charge is -2.26. The highest BCUT2D eigenvalue weighted by Crippen LogP contribution is 2.27. The van der Waals surface area contributed by atoms with Crippen LogP contribution in [0.2, 0.25) is 0 Å². The van der Waals surface area contributed by atoms with E-state index in [1.54, 1.807) is 17.2 Å². The van der Waals surface area contributed by atoms with E-state index in [-0.39, 0.29) is 11.9 Å². The Morgan fingerprint density at radius 3 is 2.63 bits per heavy atom. The summed E-state index contributed by atoms with van der Waals surface area (Å²) >= 11 is 0. The Morgan fingerprint density at radius 1 is 1.32 bits per heavy atom. The molecule has 2 rings (SSSR count). The van der Waals surface area contributed by atoms with E-state index in [1.807, 2.05) is 44.2 Å². The van der Waals surface area contributed by atoms with Crippen LogP contribution in [0, 0.1) is 0 Å². The van der Waals surface area contributed by atoms with Crippen molar-refractivity contribution in [1.29, 1.82) is 0 Å². The first-order valence-corrected chi connectivity index (χ1v) is 6.51. The summed E-state index contributed by atoms with van der Waals surface area (Å²) in [5, 5.41) is 3.69. The number of hydrogen-bond acceptors (Lipinski definition) is 3. The van der Waals surface area contributed by atoms with Crippen LogP contribution >= 0.6 is 0 Å². The average molecular weight is 258 g/mol. The predicted molar refractivity (Wildman–Crippen MR) is 73.8 cm³/mol. The van der Waals surface area contributed by atoms with E-state index in [0.717, 1.165) is 12.0 Å². The lowest BCUT2D eigenvalue weighted by atomic mass is 10.1. The van der Waals surface area contributed by atoms with Crippen LogP contribution in [-0.4, -0.2) is 11.1 Å². The average Bonchev–Trinajstić information content (AvgIpc) is 2.94. The number of carbonyl (C=O) groups excluding carboxylic acids is 1. The van der Waals surface area contributed by atoms with Crippen molar-refractivity contribution in [2.75, 3.05) is 4.90 Å². The first-order valence-electron chi connectivity index (χ1n) is 6.51. The maximum Gasteiger partial charge on any atom is 0.234 e. The fraction of sp³-hybridized carbons (Fsp3) is 0.333. The van der Waals surface area contributed by atoms with Crippen molar-refractivity contribution in [1.82, 2.24) is 5.16 Å². The molecular formula is C15H18N2O2. The molecule has 0 spiro atoms. The molecule has 0 saturated heterocycles. The van der Waals surface area contributed by atoms with Gasteiger partial charge in [0, 0.05) is 12.5 Å². The van der Waals surface area contributed by atoms with Gasteiger partial charge in [0.05, 0.1) is 12.2 Å². The second-order valence-corrected chi connectivity index (χ2v) is 4.45. The molecule has 0 aliphatic carbocycles. The van der Waals surface area contributed by atoms with E-state index in [9.17, 15) is 4.79 Å². The third-order valence-electron chi connectivity index (χ3n) is 3.06. The fourth-order valence-corrected chi connectivity index (χ4v) is 2.08. The summed E-state index contributed by atoms with van der Waals surface area (Å²) in [7, 11) is 0. The van der Waals surface area contributed by atoms with E-state index in [4.69, 9.17) is 4.52 Å². The SMILES string of the molecule is CCCC(=O)N(c1ccno1)C(C)c1ccccc1. The van der Waals surface area contributed by atoms with Crippen LogP contribution < -0.4 is 4.90 Å². The molecular weight excluding hydrogens is 240 g/mol. The third-order valence-corrected chi connectivity index (χ3v) is 3.06. The molecule has 0 aliphatic heterocycles. The zero-order valence-corrected chi connectivity index (χ0v) is 11.2. The summed E-state index contributed by atoms with van der Waals surface area (Å²) in [6.45, 7) is 3.98. The summed E-state index contributed by atoms with van der Waals surface area (Å²) in [6, 6.07) is 11.5. The predicted octanol–water partition coefficient (Wildman–Crippen LogP) is 3.57. The largest absolute Gasteiger partial charge is 0.338 e. The van der Waals surface area contributed by atoms with Crippen molar-refractivity contribution in [3.63, 3.8) is 0 Å². The van der Waals surface area contributed by atoms with Crippen molar-refractivity contribution in [2.45, 2.75) is 32.7 Å². The molecule has 1 amide bonds. The minimum Gasteiger partial charge on any atom is -0.338 e. The van der Waals surface area contributed by atoms with Crippen LogP contribution in [0.25, 0.3) is 0 Å². The zero-order valence-electron chi connectivity index (χ0n) is 11.2. The molecule has 1 aromatic heterocycles. The Hall–Kier alpha value is -2.10. The zero-order chi connectivity index (χ0) is 13.7. The highest BCUT2D eigenvalue weighted by Gasteiger charge is 2.25. The van der Waals surface area contributed by atoms with Crippen LogP contribution in [0.3, 0.4) is 0 Å². The topological polar surface area (TPSA) is 46.3 Å². The van der Waals surface area contributed by atoms with Crippen molar-refractivity contribution < 1.29 is 9.32 Å². The standard InChI is InChI=1S/C15H18N2O2/c1-3-7-14(18)17(15-10-11-16-19-15)12(2)13-8-5-4-6-9-13/h4-6,8-12H,3,7H2,1-2H3. The lowest BCUT2D eigenvalue weighted by Crippen LogP contribution is -2.33. The molecule has 1 atom stereocenters. The van der Waals surface area contributed by atoms with Crippen molar-refractivity contribution in [3.05, 3.63) is 48.2 Å². The van der Waals surface area contributed by atoms with E-state index in [0.29, 0.717) is 12.3 Å². The van der Waals surface area contributed by atoms with Gasteiger partial charge in [0.15, 0.2) is 0 Å². The quantitative estimate of drug-likeness (QED) is 0.823. The van der Waals surface area contributed by atoms with Crippen LogP contribution in [0.5, 0.6) is 0 Å². The van der Waals surface area contributed by atoms with Gasteiger partial charge in [-0.05, 0) is 18.9 Å². The number of benzene rings is 1. The van der Waals surface area contributed by atoms with Gasteiger partial charge in [-0.2, -0.15) is 0 Å². The maximum absolute atomic E-state index is 12.3. The number of rotatable bonds is 5. The van der Waals surface area contributed by atoms with Crippen molar-refractivity contribution >= 4 is 11.8 Å². The summed E-state index contributed by atoms with van der Waals surface area (Å²) in [4.78, 5) is 14.0. The molecule has 0 fully saturated rings. The molecule has 1 aromatic carbocycles. The van der Waals surface area contributed by atoms with E-state index in [1.165, 1.54) is 0 Å². The highest BCUT2D eigenvalue weighted by atomic mass is 16.5. The summed E-state index contributed by atoms with van der Waals surface area (Å²) < 4.78 is 5.16. The first kappa shape index (κ1) is 13.3. The number of amides is 1. The molecule has 0 N–H and O–H groups in total. The second-order valence-electron chi connectivity index (χ2n) is 4.45. The number of anilines is 1. The molecule has 4 nitrogen and oxygen atoms in total. The molecule has 0 aliphatic rings. The molecule has 1 heterocycles. The highest BCUT2D eigenvalue weighted by molar-refractivity contribution is 5.92. The third kappa shape index (κ3) is 3.02. The lowest BCUT2D eigenvalue weighted by molar-refractivity contribution is -0.119. The Kier molecular flexibility index (Phi) is 4.34. The first-order chi connectivity index (χ1) is 9.24. The van der Waals surface area contributed by atoms with Gasteiger partial charge in [-0.15, -0.1) is 0 Å². The van der Waals surface area contributed by atoms with E-state index >= 15 is 0 Å². The Bertz CT molecular complexity index is 508. The molecule has 4 heteroatoms. The number of aromatic nitrogens is 1. The summed E-state index contributed by atoms with van der Waals surface area (Å²) in [6.07, 6.45) is 2.86. The van der Waals surface area contributed by atoms with E-state index in [2.05, 4.69) is 5.16 Å². The van der Waals surface area contributed by atoms with Gasteiger partial charge >= 0.3 is 0 Å². The maximum atomic E-state index is 12.3. The van der Waals surface area contributed by atoms with Gasteiger partial charge in [0.2, 0.25) is 11.8 Å². The van der Waals surface area contributed by atoms with Crippen LogP contribution in [0.1, 0.15) is 38.3 Å². The second kappa shape index (κ2) is 6.18. The van der Waals surface area contributed by atoms with Crippen LogP contribution in [0.4, 0.5) is 5.88 Å². The molecule has 2 aromatic rings. The Balaban J connectivity index is 2.30. The number of nitrogens with zero attached hydrogens (tertiary/aromatic N) is 2. The molecule has 0 saturated carbocycles. The van der Waals surface area contributed by atoms with Crippen LogP contribution in [-0.2, 0) is 4.79 Å². The van der Waals surface area contributed by atoms with Crippen molar-refractivity contribution in [2.24, 2.45) is 0 Å². The minimum absolute atomic E-state index is 0.0515. The number of hydrogen-bond donors (Lipinski definition) is 0. The molecule has 1 unspecified atom stereocenters. The van der Waals surface area contributed by atoms with Gasteiger partial charge in [-0.1, -0.05) is 42.4 Å². The smallest absolute Gasteiger partial charge is 0.234 e. The molecule has 0 bridgehead atoms. The fourth-order valence-electron chi connectivity index (χ4n) is 2.08. The van der Waals surface area contributed by atoms with Gasteiger partial charge in [-0.3, -0.25) is 9.69 Å². The van der Waals surface area contributed by atoms with Gasteiger partial charge in [0.25, 0.3) is 0 Å². The molecule has 19 heavy (non-hydrogen) atoms. The molecule has 0 radical (unpaired) electrons. The van der Waals surface area contributed by atoms with Gasteiger partial charge in [0.1, 0.15) is 0 Å².